The molecule has 0 atom stereocenters. The van der Waals surface area contributed by atoms with Crippen LogP contribution in [-0.4, -0.2) is 12.6 Å². The van der Waals surface area contributed by atoms with Crippen LogP contribution in [0.15, 0.2) is 75.7 Å². The van der Waals surface area contributed by atoms with Gasteiger partial charge in [-0.1, -0.05) is 68.3 Å². The average Bonchev–Trinajstić information content (AvgIpc) is 2.92. The number of esters is 1. The number of halogens is 2. The van der Waals surface area contributed by atoms with Crippen molar-refractivity contribution in [3.8, 4) is 16.9 Å². The number of benzene rings is 3. The maximum Gasteiger partial charge on any atom is 0.330 e. The number of hydrogen-bond acceptors (Lipinski definition) is 3. The molecule has 5 heteroatoms. The van der Waals surface area contributed by atoms with Crippen molar-refractivity contribution in [3.63, 3.8) is 0 Å². The number of ether oxygens (including phenoxy) is 2. The summed E-state index contributed by atoms with van der Waals surface area (Å²) in [4.78, 5) is 11.8. The van der Waals surface area contributed by atoms with E-state index >= 15 is 0 Å². The molecular formula is C34H34Br2O3. The van der Waals surface area contributed by atoms with Crippen molar-refractivity contribution < 1.29 is 14.3 Å². The first-order valence-corrected chi connectivity index (χ1v) is 15.7. The van der Waals surface area contributed by atoms with E-state index in [0.717, 1.165) is 43.6 Å². The molecule has 0 aliphatic heterocycles. The van der Waals surface area contributed by atoms with E-state index < -0.39 is 0 Å². The predicted octanol–water partition coefficient (Wildman–Crippen LogP) is 9.50. The Kier molecular flexibility index (Phi) is 7.74. The molecule has 7 rings (SSSR count). The summed E-state index contributed by atoms with van der Waals surface area (Å²) in [6.45, 7) is 2.75. The Morgan fingerprint density at radius 1 is 0.923 bits per heavy atom. The summed E-state index contributed by atoms with van der Waals surface area (Å²) in [5.41, 5.74) is 6.02. The fourth-order valence-electron chi connectivity index (χ4n) is 7.67. The lowest BCUT2D eigenvalue weighted by Gasteiger charge is -2.57. The fraction of sp³-hybridized carbons (Fsp3) is 0.382. The molecule has 3 aromatic carbocycles. The van der Waals surface area contributed by atoms with Gasteiger partial charge in [0.15, 0.2) is 0 Å². The molecule has 0 saturated heterocycles. The summed E-state index contributed by atoms with van der Waals surface area (Å²) < 4.78 is 13.5. The van der Waals surface area contributed by atoms with Crippen molar-refractivity contribution in [3.05, 3.63) is 92.4 Å². The zero-order valence-corrected chi connectivity index (χ0v) is 25.5. The molecule has 0 N–H and O–H groups in total. The largest absolute Gasteiger partial charge is 0.489 e. The van der Waals surface area contributed by atoms with Crippen LogP contribution in [0.25, 0.3) is 17.2 Å². The van der Waals surface area contributed by atoms with Crippen molar-refractivity contribution in [2.24, 2.45) is 17.8 Å². The van der Waals surface area contributed by atoms with E-state index in [1.165, 1.54) is 61.3 Å². The third-order valence-corrected chi connectivity index (χ3v) is 10.3. The zero-order valence-electron chi connectivity index (χ0n) is 22.3. The molecule has 0 radical (unpaired) electrons. The molecule has 0 spiro atoms. The molecule has 0 aromatic heterocycles. The summed E-state index contributed by atoms with van der Waals surface area (Å²) in [7, 11) is 0. The third kappa shape index (κ3) is 5.63. The van der Waals surface area contributed by atoms with Crippen molar-refractivity contribution >= 4 is 43.9 Å². The molecular weight excluding hydrogens is 616 g/mol. The van der Waals surface area contributed by atoms with Crippen molar-refractivity contribution in [1.82, 2.24) is 0 Å². The van der Waals surface area contributed by atoms with Gasteiger partial charge in [0.2, 0.25) is 0 Å². The summed E-state index contributed by atoms with van der Waals surface area (Å²) in [6.07, 6.45) is 11.4. The van der Waals surface area contributed by atoms with Gasteiger partial charge in [-0.05, 0) is 121 Å². The molecule has 4 fully saturated rings. The number of hydrogen-bond donors (Lipinski definition) is 0. The van der Waals surface area contributed by atoms with Gasteiger partial charge in [-0.3, -0.25) is 0 Å². The van der Waals surface area contributed by atoms with E-state index in [0.29, 0.717) is 13.2 Å². The topological polar surface area (TPSA) is 35.5 Å². The van der Waals surface area contributed by atoms with Crippen LogP contribution in [0.1, 0.15) is 62.1 Å². The molecule has 39 heavy (non-hydrogen) atoms. The molecule has 0 amide bonds. The average molecular weight is 650 g/mol. The molecule has 202 valence electrons. The maximum atomic E-state index is 11.8. The van der Waals surface area contributed by atoms with Gasteiger partial charge in [0.1, 0.15) is 12.4 Å². The van der Waals surface area contributed by atoms with Gasteiger partial charge in [0.05, 0.1) is 6.61 Å². The van der Waals surface area contributed by atoms with E-state index in [-0.39, 0.29) is 11.4 Å². The van der Waals surface area contributed by atoms with Crippen LogP contribution in [0.4, 0.5) is 0 Å². The lowest BCUT2D eigenvalue weighted by atomic mass is 9.48. The molecule has 0 unspecified atom stereocenters. The van der Waals surface area contributed by atoms with Gasteiger partial charge in [0.25, 0.3) is 0 Å². The Hall–Kier alpha value is -2.37. The van der Waals surface area contributed by atoms with Crippen molar-refractivity contribution in [2.75, 3.05) is 6.61 Å². The van der Waals surface area contributed by atoms with Crippen LogP contribution in [0.2, 0.25) is 0 Å². The molecule has 4 bridgehead atoms. The second kappa shape index (κ2) is 11.2. The summed E-state index contributed by atoms with van der Waals surface area (Å²) >= 11 is 7.56. The van der Waals surface area contributed by atoms with Crippen LogP contribution < -0.4 is 4.74 Å². The number of carbonyl (C=O) groups excluding carboxylic acids is 1. The van der Waals surface area contributed by atoms with Crippen molar-refractivity contribution in [1.29, 1.82) is 0 Å². The minimum Gasteiger partial charge on any atom is -0.489 e. The highest BCUT2D eigenvalue weighted by Gasteiger charge is 2.52. The first-order valence-electron chi connectivity index (χ1n) is 14.1. The summed E-state index contributed by atoms with van der Waals surface area (Å²) in [5, 5.41) is 0. The molecule has 4 aliphatic carbocycles. The van der Waals surface area contributed by atoms with Crippen LogP contribution in [0.5, 0.6) is 5.75 Å². The third-order valence-electron chi connectivity index (χ3n) is 8.91. The lowest BCUT2D eigenvalue weighted by molar-refractivity contribution is -0.137. The van der Waals surface area contributed by atoms with Gasteiger partial charge in [-0.15, -0.1) is 0 Å². The molecule has 0 heterocycles. The quantitative estimate of drug-likeness (QED) is 0.180. The Labute approximate surface area is 248 Å². The normalized spacial score (nSPS) is 25.3. The number of rotatable bonds is 8. The smallest absolute Gasteiger partial charge is 0.330 e. The number of carbonyl (C=O) groups is 1. The lowest BCUT2D eigenvalue weighted by Crippen LogP contribution is -2.48. The summed E-state index contributed by atoms with van der Waals surface area (Å²) in [6, 6.07) is 21.4. The van der Waals surface area contributed by atoms with E-state index in [4.69, 9.17) is 9.47 Å². The van der Waals surface area contributed by atoms with Crippen LogP contribution >= 0.6 is 31.9 Å². The SMILES string of the molecule is CCOC(=O)/C=C/c1cc(Br)c(-c2ccc(OCc3ccccc3)c(C34CC5CC(CC(C5)C3)C4)c2)cc1Br. The van der Waals surface area contributed by atoms with Crippen molar-refractivity contribution in [2.45, 2.75) is 57.5 Å². The predicted molar refractivity (Wildman–Crippen MR) is 164 cm³/mol. The monoisotopic (exact) mass is 648 g/mol. The van der Waals surface area contributed by atoms with Gasteiger partial charge in [0, 0.05) is 20.6 Å². The second-order valence-electron chi connectivity index (χ2n) is 11.6. The molecule has 3 nitrogen and oxygen atoms in total. The minimum absolute atomic E-state index is 0.211. The van der Waals surface area contributed by atoms with Crippen LogP contribution in [-0.2, 0) is 21.6 Å². The standard InChI is InChI=1S/C34H34Br2O3/c1-2-38-33(37)11-9-27-16-31(36)28(17-30(27)35)26-8-10-32(39-21-22-6-4-3-5-7-22)29(15-26)34-18-23-12-24(19-34)14-25(13-23)20-34/h3-11,15-17,23-25H,2,12-14,18-21H2,1H3/b11-9+. The van der Waals surface area contributed by atoms with E-state index in [1.807, 2.05) is 13.0 Å². The van der Waals surface area contributed by atoms with E-state index in [1.54, 1.807) is 6.08 Å². The van der Waals surface area contributed by atoms with E-state index in [9.17, 15) is 4.79 Å². The fourth-order valence-corrected chi connectivity index (χ4v) is 8.74. The Bertz CT molecular complexity index is 1360. The van der Waals surface area contributed by atoms with Gasteiger partial charge in [-0.25, -0.2) is 4.79 Å². The molecule has 3 aromatic rings. The Morgan fingerprint density at radius 2 is 1.62 bits per heavy atom. The first kappa shape index (κ1) is 26.8. The molecule has 4 aliphatic rings. The minimum atomic E-state index is -0.337. The van der Waals surface area contributed by atoms with Gasteiger partial charge < -0.3 is 9.47 Å². The second-order valence-corrected chi connectivity index (χ2v) is 13.3. The Morgan fingerprint density at radius 3 is 2.28 bits per heavy atom. The van der Waals surface area contributed by atoms with Gasteiger partial charge >= 0.3 is 5.97 Å². The highest BCUT2D eigenvalue weighted by atomic mass is 79.9. The van der Waals surface area contributed by atoms with Crippen LogP contribution in [0, 0.1) is 17.8 Å². The maximum absolute atomic E-state index is 11.8. The zero-order chi connectivity index (χ0) is 27.0. The highest BCUT2D eigenvalue weighted by Crippen LogP contribution is 2.62. The first-order chi connectivity index (χ1) is 18.9. The summed E-state index contributed by atoms with van der Waals surface area (Å²) in [5.74, 6) is 3.26. The van der Waals surface area contributed by atoms with E-state index in [2.05, 4.69) is 86.5 Å². The Balaban J connectivity index is 1.36. The highest BCUT2D eigenvalue weighted by molar-refractivity contribution is 9.11. The van der Waals surface area contributed by atoms with Gasteiger partial charge in [-0.2, -0.15) is 0 Å². The van der Waals surface area contributed by atoms with Crippen LogP contribution in [0.3, 0.4) is 0 Å². The molecule has 4 saturated carbocycles.